The number of para-hydroxylation sites is 4. The van der Waals surface area contributed by atoms with Gasteiger partial charge in [0.05, 0.1) is 28.4 Å². The van der Waals surface area contributed by atoms with Crippen LogP contribution < -0.4 is 19.6 Å². The number of anilines is 12. The summed E-state index contributed by atoms with van der Waals surface area (Å²) in [7, 11) is 0. The standard InChI is InChI=1S/C84H64N4/c1-6-27-63(28-7-1)85(64-29-8-2-9-30-64)80-53-54-82(74-38-17-16-37-73(74)80)87(69-51-52-72-71-36-20-21-41-77(71)84(78(72)59-69)57-22-5-23-58-84)67-47-43-60(44-48-67)61-45-49-68(50-46-61)88(79-42-24-26-62-25-14-15-35-70(62)79)83-56-55-81(75-39-18-19-40-76(75)83)86(65-31-10-3-11-32-65)66-33-12-4-13-34-66/h1-4,6-21,24-56,59H,5,22-23,57-58H2. The zero-order valence-corrected chi connectivity index (χ0v) is 49.0. The maximum Gasteiger partial charge on any atom is 0.0541 e. The van der Waals surface area contributed by atoms with Crippen LogP contribution in [0.25, 0.3) is 54.6 Å². The third kappa shape index (κ3) is 9.16. The van der Waals surface area contributed by atoms with Crippen molar-refractivity contribution in [3.63, 3.8) is 0 Å². The highest BCUT2D eigenvalue weighted by Gasteiger charge is 2.44. The Morgan fingerprint density at radius 3 is 1.05 bits per heavy atom. The van der Waals surface area contributed by atoms with Crippen molar-refractivity contribution >= 4 is 101 Å². The van der Waals surface area contributed by atoms with Gasteiger partial charge in [-0.25, -0.2) is 0 Å². The van der Waals surface area contributed by atoms with E-state index < -0.39 is 0 Å². The van der Waals surface area contributed by atoms with Crippen LogP contribution in [0.5, 0.6) is 0 Å². The first-order valence-corrected chi connectivity index (χ1v) is 31.0. The molecule has 4 heteroatoms. The summed E-state index contributed by atoms with van der Waals surface area (Å²) in [5, 5.41) is 7.05. The third-order valence-electron chi connectivity index (χ3n) is 18.6. The summed E-state index contributed by atoms with van der Waals surface area (Å²) >= 11 is 0. The molecule has 0 aliphatic heterocycles. The molecule has 0 N–H and O–H groups in total. The van der Waals surface area contributed by atoms with Gasteiger partial charge in [-0.1, -0.05) is 232 Å². The van der Waals surface area contributed by atoms with Gasteiger partial charge in [-0.2, -0.15) is 0 Å². The molecule has 4 nitrogen and oxygen atoms in total. The molecule has 1 spiro atoms. The molecule has 1 fully saturated rings. The van der Waals surface area contributed by atoms with Crippen LogP contribution in [-0.4, -0.2) is 0 Å². The van der Waals surface area contributed by atoms with Gasteiger partial charge in [-0.3, -0.25) is 0 Å². The fourth-order valence-corrected chi connectivity index (χ4v) is 14.6. The molecule has 14 aromatic carbocycles. The van der Waals surface area contributed by atoms with E-state index in [9.17, 15) is 0 Å². The summed E-state index contributed by atoms with van der Waals surface area (Å²) in [5.41, 5.74) is 21.4. The molecule has 0 bridgehead atoms. The number of hydrogen-bond acceptors (Lipinski definition) is 4. The van der Waals surface area contributed by atoms with Crippen molar-refractivity contribution in [3.05, 3.63) is 339 Å². The summed E-state index contributed by atoms with van der Waals surface area (Å²) in [4.78, 5) is 9.73. The van der Waals surface area contributed by atoms with Crippen LogP contribution in [0.2, 0.25) is 0 Å². The van der Waals surface area contributed by atoms with E-state index in [-0.39, 0.29) is 5.41 Å². The van der Waals surface area contributed by atoms with Gasteiger partial charge in [-0.05, 0) is 167 Å². The van der Waals surface area contributed by atoms with Crippen molar-refractivity contribution in [3.8, 4) is 22.3 Å². The van der Waals surface area contributed by atoms with Crippen LogP contribution in [0.4, 0.5) is 68.2 Å². The van der Waals surface area contributed by atoms with Gasteiger partial charge in [0.15, 0.2) is 0 Å². The number of benzene rings is 14. The summed E-state index contributed by atoms with van der Waals surface area (Å²) in [6.07, 6.45) is 6.11. The number of nitrogens with zero attached hydrogens (tertiary/aromatic N) is 4. The highest BCUT2D eigenvalue weighted by Crippen LogP contribution is 2.58. The van der Waals surface area contributed by atoms with Crippen LogP contribution in [0.3, 0.4) is 0 Å². The van der Waals surface area contributed by atoms with E-state index in [4.69, 9.17) is 0 Å². The lowest BCUT2D eigenvalue weighted by atomic mass is 9.68. The largest absolute Gasteiger partial charge is 0.310 e. The van der Waals surface area contributed by atoms with Gasteiger partial charge < -0.3 is 19.6 Å². The number of fused-ring (bicyclic) bond motifs is 8. The molecule has 0 radical (unpaired) electrons. The minimum atomic E-state index is 0.00531. The summed E-state index contributed by atoms with van der Waals surface area (Å²) in [6.45, 7) is 0. The minimum absolute atomic E-state index is 0.00531. The van der Waals surface area contributed by atoms with Crippen LogP contribution >= 0.6 is 0 Å². The van der Waals surface area contributed by atoms with Crippen molar-refractivity contribution < 1.29 is 0 Å². The van der Waals surface area contributed by atoms with E-state index in [2.05, 4.69) is 347 Å². The second kappa shape index (κ2) is 22.5. The summed E-state index contributed by atoms with van der Waals surface area (Å²) < 4.78 is 0. The van der Waals surface area contributed by atoms with Crippen molar-refractivity contribution in [2.24, 2.45) is 0 Å². The van der Waals surface area contributed by atoms with E-state index in [1.807, 2.05) is 0 Å². The molecule has 1 saturated carbocycles. The van der Waals surface area contributed by atoms with Crippen LogP contribution in [-0.2, 0) is 5.41 Å². The van der Waals surface area contributed by atoms with Gasteiger partial charge in [-0.15, -0.1) is 0 Å². The molecule has 0 amide bonds. The normalized spacial score (nSPS) is 13.1. The highest BCUT2D eigenvalue weighted by atomic mass is 15.2. The van der Waals surface area contributed by atoms with Gasteiger partial charge >= 0.3 is 0 Å². The van der Waals surface area contributed by atoms with Crippen molar-refractivity contribution in [2.45, 2.75) is 37.5 Å². The molecule has 2 aliphatic rings. The van der Waals surface area contributed by atoms with E-state index in [1.165, 1.54) is 75.9 Å². The Morgan fingerprint density at radius 2 is 0.557 bits per heavy atom. The fraction of sp³-hybridized carbons (Fsp3) is 0.0714. The zero-order chi connectivity index (χ0) is 58.4. The SMILES string of the molecule is c1ccc(N(c2ccccc2)c2ccc(N(c3ccc(-c4ccc(N(c5cccc6ccccc56)c5ccc(N(c6ccccc6)c6ccccc6)c6ccccc56)cc4)cc3)c3ccc4c(c3)C3(CCCCC3)c3ccccc3-4)c3ccccc23)cc1. The summed E-state index contributed by atoms with van der Waals surface area (Å²) in [5.74, 6) is 0. The van der Waals surface area contributed by atoms with Crippen molar-refractivity contribution in [2.75, 3.05) is 19.6 Å². The summed E-state index contributed by atoms with van der Waals surface area (Å²) in [6, 6.07) is 120. The smallest absolute Gasteiger partial charge is 0.0541 e. The average molecular weight is 1130 g/mol. The quantitative estimate of drug-likeness (QED) is 0.114. The number of hydrogen-bond donors (Lipinski definition) is 0. The monoisotopic (exact) mass is 1130 g/mol. The first-order chi connectivity index (χ1) is 43.7. The van der Waals surface area contributed by atoms with Crippen LogP contribution in [0, 0.1) is 0 Å². The topological polar surface area (TPSA) is 13.0 Å². The molecular formula is C84H64N4. The lowest BCUT2D eigenvalue weighted by Gasteiger charge is -2.37. The predicted octanol–water partition coefficient (Wildman–Crippen LogP) is 23.9. The second-order valence-electron chi connectivity index (χ2n) is 23.5. The van der Waals surface area contributed by atoms with E-state index in [0.717, 1.165) is 90.1 Å². The highest BCUT2D eigenvalue weighted by molar-refractivity contribution is 6.11. The van der Waals surface area contributed by atoms with Crippen LogP contribution in [0.15, 0.2) is 328 Å². The molecule has 88 heavy (non-hydrogen) atoms. The molecule has 0 aromatic heterocycles. The maximum atomic E-state index is 2.55. The Bertz CT molecular complexity index is 4740. The van der Waals surface area contributed by atoms with Crippen LogP contribution in [0.1, 0.15) is 43.2 Å². The molecule has 0 saturated heterocycles. The minimum Gasteiger partial charge on any atom is -0.310 e. The van der Waals surface area contributed by atoms with Gasteiger partial charge in [0.25, 0.3) is 0 Å². The Balaban J connectivity index is 0.816. The lowest BCUT2D eigenvalue weighted by Crippen LogP contribution is -2.28. The molecule has 0 heterocycles. The van der Waals surface area contributed by atoms with Crippen molar-refractivity contribution in [1.29, 1.82) is 0 Å². The Hall–Kier alpha value is -10.9. The van der Waals surface area contributed by atoms with E-state index in [1.54, 1.807) is 0 Å². The van der Waals surface area contributed by atoms with Crippen molar-refractivity contribution in [1.82, 2.24) is 0 Å². The Kier molecular flexibility index (Phi) is 13.4. The molecule has 0 unspecified atom stereocenters. The second-order valence-corrected chi connectivity index (χ2v) is 23.5. The van der Waals surface area contributed by atoms with Gasteiger partial charge in [0.1, 0.15) is 0 Å². The molecule has 420 valence electrons. The zero-order valence-electron chi connectivity index (χ0n) is 49.0. The Morgan fingerprint density at radius 1 is 0.216 bits per heavy atom. The first kappa shape index (κ1) is 52.6. The van der Waals surface area contributed by atoms with E-state index in [0.29, 0.717) is 0 Å². The van der Waals surface area contributed by atoms with Gasteiger partial charge in [0, 0.05) is 72.2 Å². The third-order valence-corrected chi connectivity index (χ3v) is 18.6. The molecule has 16 rings (SSSR count). The molecular weight excluding hydrogens is 1060 g/mol. The Labute approximate surface area is 515 Å². The molecule has 0 atom stereocenters. The number of rotatable bonds is 13. The van der Waals surface area contributed by atoms with Gasteiger partial charge in [0.2, 0.25) is 0 Å². The maximum absolute atomic E-state index is 2.55. The van der Waals surface area contributed by atoms with E-state index >= 15 is 0 Å². The predicted molar refractivity (Wildman–Crippen MR) is 372 cm³/mol. The molecule has 14 aromatic rings. The first-order valence-electron chi connectivity index (χ1n) is 31.0. The fourth-order valence-electron chi connectivity index (χ4n) is 14.6. The average Bonchev–Trinajstić information content (AvgIpc) is 1.81. The lowest BCUT2D eigenvalue weighted by molar-refractivity contribution is 0.353. The molecule has 2 aliphatic carbocycles.